The molecule has 0 spiro atoms. The van der Waals surface area contributed by atoms with Gasteiger partial charge in [-0.1, -0.05) is 0 Å². The predicted molar refractivity (Wildman–Crippen MR) is 109 cm³/mol. The third-order valence-corrected chi connectivity index (χ3v) is 6.42. The second-order valence-electron chi connectivity index (χ2n) is 6.92. The molecule has 2 heterocycles. The van der Waals surface area contributed by atoms with Gasteiger partial charge in [-0.25, -0.2) is 8.42 Å². The second-order valence-corrected chi connectivity index (χ2v) is 8.57. The van der Waals surface area contributed by atoms with Crippen LogP contribution in [0, 0.1) is 6.92 Å². The highest BCUT2D eigenvalue weighted by molar-refractivity contribution is 7.92. The van der Waals surface area contributed by atoms with Crippen molar-refractivity contribution in [3.05, 3.63) is 62.7 Å². The van der Waals surface area contributed by atoms with Gasteiger partial charge in [-0.2, -0.15) is 0 Å². The lowest BCUT2D eigenvalue weighted by atomic mass is 10.2. The number of aromatic amines is 2. The third-order valence-electron chi connectivity index (χ3n) is 4.90. The predicted octanol–water partition coefficient (Wildman–Crippen LogP) is 1.93. The van der Waals surface area contributed by atoms with Gasteiger partial charge >= 0.3 is 11.1 Å². The van der Waals surface area contributed by atoms with Crippen molar-refractivity contribution in [1.29, 1.82) is 0 Å². The summed E-state index contributed by atoms with van der Waals surface area (Å²) in [6.45, 7) is 3.66. The molecule has 1 aliphatic heterocycles. The summed E-state index contributed by atoms with van der Waals surface area (Å²) in [7, 11) is -3.87. The number of fused-ring (bicyclic) bond motifs is 1. The number of rotatable bonds is 4. The molecule has 0 atom stereocenters. The summed E-state index contributed by atoms with van der Waals surface area (Å²) in [5.41, 5.74) is 0.998. The number of sulfonamides is 1. The van der Waals surface area contributed by atoms with Crippen LogP contribution >= 0.6 is 0 Å². The van der Waals surface area contributed by atoms with Crippen LogP contribution in [0.25, 0.3) is 11.0 Å². The average molecular weight is 400 g/mol. The van der Waals surface area contributed by atoms with E-state index in [1.54, 1.807) is 19.1 Å². The Hall–Kier alpha value is -3.07. The molecule has 0 aliphatic carbocycles. The van der Waals surface area contributed by atoms with Crippen LogP contribution in [0.3, 0.4) is 0 Å². The van der Waals surface area contributed by atoms with E-state index in [4.69, 9.17) is 0 Å². The standard InChI is InChI=1S/C19H20N4O4S/c1-12-10-15-16(21-19(25)18(24)20-15)11-17(12)28(26,27)22-13-4-6-14(7-5-13)23-8-2-3-9-23/h4-7,10-11,22H,2-3,8-9H2,1H3,(H,20,24)(H,21,25). The summed E-state index contributed by atoms with van der Waals surface area (Å²) in [4.78, 5) is 30.1. The summed E-state index contributed by atoms with van der Waals surface area (Å²) >= 11 is 0. The van der Waals surface area contributed by atoms with E-state index in [2.05, 4.69) is 19.6 Å². The fraction of sp³-hybridized carbons (Fsp3) is 0.263. The van der Waals surface area contributed by atoms with E-state index in [-0.39, 0.29) is 10.4 Å². The van der Waals surface area contributed by atoms with E-state index in [0.29, 0.717) is 16.8 Å². The minimum atomic E-state index is -3.87. The largest absolute Gasteiger partial charge is 0.372 e. The molecule has 9 heteroatoms. The molecule has 1 aromatic heterocycles. The molecule has 1 saturated heterocycles. The Balaban J connectivity index is 1.66. The van der Waals surface area contributed by atoms with Gasteiger partial charge in [0.05, 0.1) is 15.9 Å². The summed E-state index contributed by atoms with van der Waals surface area (Å²) in [5, 5.41) is 0. The quantitative estimate of drug-likeness (QED) is 0.579. The zero-order valence-corrected chi connectivity index (χ0v) is 16.1. The van der Waals surface area contributed by atoms with Gasteiger partial charge in [0.25, 0.3) is 10.0 Å². The van der Waals surface area contributed by atoms with Gasteiger partial charge in [0.1, 0.15) is 0 Å². The Bertz CT molecular complexity index is 1250. The highest BCUT2D eigenvalue weighted by Crippen LogP contribution is 2.25. The van der Waals surface area contributed by atoms with Crippen LogP contribution in [0.1, 0.15) is 18.4 Å². The van der Waals surface area contributed by atoms with Gasteiger partial charge in [-0.05, 0) is 61.7 Å². The van der Waals surface area contributed by atoms with E-state index in [0.717, 1.165) is 18.8 Å². The van der Waals surface area contributed by atoms with Crippen LogP contribution < -0.4 is 20.7 Å². The van der Waals surface area contributed by atoms with Crippen LogP contribution in [0.2, 0.25) is 0 Å². The van der Waals surface area contributed by atoms with Crippen LogP contribution in [-0.4, -0.2) is 31.5 Å². The number of hydrogen-bond acceptors (Lipinski definition) is 5. The first-order chi connectivity index (χ1) is 13.3. The molecule has 8 nitrogen and oxygen atoms in total. The SMILES string of the molecule is Cc1cc2[nH]c(=O)c(=O)[nH]c2cc1S(=O)(=O)Nc1ccc(N2CCCC2)cc1. The summed E-state index contributed by atoms with van der Waals surface area (Å²) in [6, 6.07) is 10.2. The van der Waals surface area contributed by atoms with Crippen LogP contribution in [0.4, 0.5) is 11.4 Å². The second kappa shape index (κ2) is 6.83. The number of nitrogens with one attached hydrogen (secondary N) is 3. The van der Waals surface area contributed by atoms with Gasteiger partial charge in [0.15, 0.2) is 0 Å². The van der Waals surface area contributed by atoms with Crippen molar-refractivity contribution in [2.45, 2.75) is 24.7 Å². The highest BCUT2D eigenvalue weighted by Gasteiger charge is 2.19. The monoisotopic (exact) mass is 400 g/mol. The fourth-order valence-electron chi connectivity index (χ4n) is 3.47. The van der Waals surface area contributed by atoms with Gasteiger partial charge in [-0.3, -0.25) is 14.3 Å². The minimum absolute atomic E-state index is 0.0336. The van der Waals surface area contributed by atoms with Crippen LogP contribution in [0.15, 0.2) is 50.9 Å². The molecular formula is C19H20N4O4S. The van der Waals surface area contributed by atoms with E-state index >= 15 is 0 Å². The summed E-state index contributed by atoms with van der Waals surface area (Å²) in [6.07, 6.45) is 2.34. The molecule has 4 rings (SSSR count). The topological polar surface area (TPSA) is 115 Å². The van der Waals surface area contributed by atoms with Crippen LogP contribution in [0.5, 0.6) is 0 Å². The van der Waals surface area contributed by atoms with Crippen molar-refractivity contribution in [2.75, 3.05) is 22.7 Å². The average Bonchev–Trinajstić information content (AvgIpc) is 3.17. The molecule has 0 unspecified atom stereocenters. The normalized spacial score (nSPS) is 14.5. The van der Waals surface area contributed by atoms with Crippen molar-refractivity contribution in [3.63, 3.8) is 0 Å². The van der Waals surface area contributed by atoms with Gasteiger partial charge in [-0.15, -0.1) is 0 Å². The number of hydrogen-bond donors (Lipinski definition) is 3. The smallest absolute Gasteiger partial charge is 0.314 e. The van der Waals surface area contributed by atoms with Crippen molar-refractivity contribution in [1.82, 2.24) is 9.97 Å². The molecule has 0 amide bonds. The Labute approximate surface area is 161 Å². The van der Waals surface area contributed by atoms with Crippen molar-refractivity contribution >= 4 is 32.4 Å². The lowest BCUT2D eigenvalue weighted by Crippen LogP contribution is -2.29. The Kier molecular flexibility index (Phi) is 4.46. The summed E-state index contributed by atoms with van der Waals surface area (Å²) < 4.78 is 28.3. The first kappa shape index (κ1) is 18.3. The zero-order chi connectivity index (χ0) is 19.9. The summed E-state index contributed by atoms with van der Waals surface area (Å²) in [5.74, 6) is 0. The molecular weight excluding hydrogens is 380 g/mol. The third kappa shape index (κ3) is 3.40. The zero-order valence-electron chi connectivity index (χ0n) is 15.3. The van der Waals surface area contributed by atoms with Gasteiger partial charge in [0.2, 0.25) is 0 Å². The number of anilines is 2. The van der Waals surface area contributed by atoms with E-state index < -0.39 is 21.1 Å². The first-order valence-corrected chi connectivity index (χ1v) is 10.5. The molecule has 2 aromatic carbocycles. The van der Waals surface area contributed by atoms with Crippen molar-refractivity contribution in [3.8, 4) is 0 Å². The van der Waals surface area contributed by atoms with E-state index in [1.165, 1.54) is 25.0 Å². The molecule has 0 bridgehead atoms. The first-order valence-electron chi connectivity index (χ1n) is 8.98. The maximum absolute atomic E-state index is 12.9. The lowest BCUT2D eigenvalue weighted by Gasteiger charge is -2.18. The Morgan fingerprint density at radius 1 is 0.929 bits per heavy atom. The molecule has 1 aliphatic rings. The Morgan fingerprint density at radius 3 is 2.11 bits per heavy atom. The maximum Gasteiger partial charge on any atom is 0.314 e. The number of aromatic nitrogens is 2. The number of benzene rings is 2. The fourth-order valence-corrected chi connectivity index (χ4v) is 4.78. The lowest BCUT2D eigenvalue weighted by molar-refractivity contribution is 0.600. The number of H-pyrrole nitrogens is 2. The molecule has 3 N–H and O–H groups in total. The maximum atomic E-state index is 12.9. The number of aryl methyl sites for hydroxylation is 1. The molecule has 3 aromatic rings. The molecule has 0 radical (unpaired) electrons. The number of nitrogens with zero attached hydrogens (tertiary/aromatic N) is 1. The molecule has 1 fully saturated rings. The molecule has 28 heavy (non-hydrogen) atoms. The molecule has 0 saturated carbocycles. The highest BCUT2D eigenvalue weighted by atomic mass is 32.2. The van der Waals surface area contributed by atoms with Crippen molar-refractivity contribution in [2.24, 2.45) is 0 Å². The van der Waals surface area contributed by atoms with Crippen molar-refractivity contribution < 1.29 is 8.42 Å². The van der Waals surface area contributed by atoms with Crippen LogP contribution in [-0.2, 0) is 10.0 Å². The Morgan fingerprint density at radius 2 is 1.50 bits per heavy atom. The van der Waals surface area contributed by atoms with Gasteiger partial charge in [0, 0.05) is 24.5 Å². The van der Waals surface area contributed by atoms with E-state index in [9.17, 15) is 18.0 Å². The molecule has 146 valence electrons. The van der Waals surface area contributed by atoms with Gasteiger partial charge < -0.3 is 14.9 Å². The minimum Gasteiger partial charge on any atom is -0.372 e. The van der Waals surface area contributed by atoms with E-state index in [1.807, 2.05) is 12.1 Å².